The van der Waals surface area contributed by atoms with Gasteiger partial charge in [0.2, 0.25) is 0 Å². The van der Waals surface area contributed by atoms with Gasteiger partial charge in [0, 0.05) is 38.1 Å². The fourth-order valence-electron chi connectivity index (χ4n) is 1.90. The number of nitrogens with one attached hydrogen (secondary N) is 1. The number of ether oxygens (including phenoxy) is 2. The van der Waals surface area contributed by atoms with Crippen LogP contribution < -0.4 is 5.32 Å². The molecule has 0 aromatic heterocycles. The van der Waals surface area contributed by atoms with E-state index in [0.717, 1.165) is 32.8 Å². The fraction of sp³-hybridized carbons (Fsp3) is 1.00. The van der Waals surface area contributed by atoms with Gasteiger partial charge in [-0.05, 0) is 13.8 Å². The Hall–Kier alpha value is 0.130. The van der Waals surface area contributed by atoms with Crippen LogP contribution in [0, 0.1) is 0 Å². The van der Waals surface area contributed by atoms with Crippen LogP contribution >= 0.6 is 11.6 Å². The first-order valence-corrected chi connectivity index (χ1v) is 6.97. The van der Waals surface area contributed by atoms with E-state index in [2.05, 4.69) is 24.1 Å². The second kappa shape index (κ2) is 9.11. The predicted octanol–water partition coefficient (Wildman–Crippen LogP) is 0.941. The monoisotopic (exact) mass is 264 g/mol. The lowest BCUT2D eigenvalue weighted by atomic mass is 10.2. The summed E-state index contributed by atoms with van der Waals surface area (Å²) in [5.41, 5.74) is 0. The lowest BCUT2D eigenvalue weighted by molar-refractivity contribution is -0.0375. The minimum Gasteiger partial charge on any atom is -0.379 e. The van der Waals surface area contributed by atoms with Crippen molar-refractivity contribution in [3.8, 4) is 0 Å². The Morgan fingerprint density at radius 3 is 3.00 bits per heavy atom. The maximum atomic E-state index is 5.72. The van der Waals surface area contributed by atoms with Crippen molar-refractivity contribution in [1.29, 1.82) is 0 Å². The van der Waals surface area contributed by atoms with Crippen molar-refractivity contribution in [1.82, 2.24) is 10.2 Å². The van der Waals surface area contributed by atoms with Crippen molar-refractivity contribution >= 4 is 11.6 Å². The third kappa shape index (κ3) is 6.58. The molecule has 0 aromatic rings. The molecule has 0 radical (unpaired) electrons. The molecule has 1 unspecified atom stereocenters. The van der Waals surface area contributed by atoms with Crippen molar-refractivity contribution in [2.24, 2.45) is 0 Å². The smallest absolute Gasteiger partial charge is 0.0826 e. The standard InChI is InChI=1S/C12H25ClN2O2/c1-11(2)15-5-8-17-12(10-15)9-14-4-7-16-6-3-13/h11-12,14H,3-10H2,1-2H3. The zero-order valence-electron chi connectivity index (χ0n) is 11.0. The Balaban J connectivity index is 2.02. The van der Waals surface area contributed by atoms with Gasteiger partial charge >= 0.3 is 0 Å². The molecule has 102 valence electrons. The van der Waals surface area contributed by atoms with E-state index in [1.165, 1.54) is 0 Å². The van der Waals surface area contributed by atoms with E-state index in [-0.39, 0.29) is 0 Å². The van der Waals surface area contributed by atoms with Gasteiger partial charge in [-0.25, -0.2) is 0 Å². The van der Waals surface area contributed by atoms with Crippen molar-refractivity contribution in [3.63, 3.8) is 0 Å². The summed E-state index contributed by atoms with van der Waals surface area (Å²) in [5, 5.41) is 3.35. The molecule has 1 heterocycles. The minimum atomic E-state index is 0.305. The number of hydrogen-bond acceptors (Lipinski definition) is 4. The van der Waals surface area contributed by atoms with Crippen LogP contribution in [-0.2, 0) is 9.47 Å². The fourth-order valence-corrected chi connectivity index (χ4v) is 2.01. The topological polar surface area (TPSA) is 33.7 Å². The summed E-state index contributed by atoms with van der Waals surface area (Å²) in [4.78, 5) is 2.46. The number of rotatable bonds is 8. The molecule has 4 nitrogen and oxygen atoms in total. The Bertz CT molecular complexity index is 193. The number of nitrogens with zero attached hydrogens (tertiary/aromatic N) is 1. The number of alkyl halides is 1. The maximum absolute atomic E-state index is 5.72. The highest BCUT2D eigenvalue weighted by molar-refractivity contribution is 6.17. The first kappa shape index (κ1) is 15.2. The zero-order chi connectivity index (χ0) is 12.5. The maximum Gasteiger partial charge on any atom is 0.0826 e. The average Bonchev–Trinajstić information content (AvgIpc) is 2.34. The molecule has 1 rings (SSSR count). The van der Waals surface area contributed by atoms with Crippen LogP contribution in [0.3, 0.4) is 0 Å². The van der Waals surface area contributed by atoms with E-state index in [1.807, 2.05) is 0 Å². The first-order valence-electron chi connectivity index (χ1n) is 6.44. The third-order valence-corrected chi connectivity index (χ3v) is 3.07. The lowest BCUT2D eigenvalue weighted by Crippen LogP contribution is -2.49. The minimum absolute atomic E-state index is 0.305. The Kier molecular flexibility index (Phi) is 8.14. The summed E-state index contributed by atoms with van der Waals surface area (Å²) in [6.45, 7) is 10.5. The molecule has 0 saturated carbocycles. The molecule has 0 amide bonds. The predicted molar refractivity (Wildman–Crippen MR) is 70.9 cm³/mol. The van der Waals surface area contributed by atoms with E-state index in [1.54, 1.807) is 0 Å². The molecule has 0 aromatic carbocycles. The molecular weight excluding hydrogens is 240 g/mol. The molecule has 1 fully saturated rings. The van der Waals surface area contributed by atoms with Crippen molar-refractivity contribution in [2.45, 2.75) is 26.0 Å². The second-order valence-corrected chi connectivity index (χ2v) is 4.96. The van der Waals surface area contributed by atoms with Gasteiger partial charge in [0.25, 0.3) is 0 Å². The van der Waals surface area contributed by atoms with Gasteiger partial charge in [0.05, 0.1) is 25.9 Å². The lowest BCUT2D eigenvalue weighted by Gasteiger charge is -2.35. The summed E-state index contributed by atoms with van der Waals surface area (Å²) >= 11 is 5.51. The summed E-state index contributed by atoms with van der Waals surface area (Å²) in [6, 6.07) is 0.605. The van der Waals surface area contributed by atoms with E-state index in [0.29, 0.717) is 31.2 Å². The zero-order valence-corrected chi connectivity index (χ0v) is 11.7. The van der Waals surface area contributed by atoms with Crippen LogP contribution in [0.25, 0.3) is 0 Å². The van der Waals surface area contributed by atoms with E-state index >= 15 is 0 Å². The summed E-state index contributed by atoms with van der Waals surface area (Å²) < 4.78 is 11.0. The van der Waals surface area contributed by atoms with Crippen LogP contribution in [0.1, 0.15) is 13.8 Å². The molecule has 0 aliphatic carbocycles. The molecule has 1 atom stereocenters. The van der Waals surface area contributed by atoms with E-state index in [9.17, 15) is 0 Å². The van der Waals surface area contributed by atoms with Gasteiger partial charge < -0.3 is 14.8 Å². The summed E-state index contributed by atoms with van der Waals surface area (Å²) in [7, 11) is 0. The SMILES string of the molecule is CC(C)N1CCOC(CNCCOCCCl)C1. The number of halogens is 1. The molecule has 5 heteroatoms. The quantitative estimate of drug-likeness (QED) is 0.523. The number of hydrogen-bond donors (Lipinski definition) is 1. The molecule has 1 aliphatic rings. The summed E-state index contributed by atoms with van der Waals surface area (Å²) in [6.07, 6.45) is 0.305. The Morgan fingerprint density at radius 2 is 2.29 bits per heavy atom. The van der Waals surface area contributed by atoms with Crippen LogP contribution in [-0.4, -0.2) is 68.9 Å². The van der Waals surface area contributed by atoms with Crippen LogP contribution in [0.15, 0.2) is 0 Å². The molecule has 17 heavy (non-hydrogen) atoms. The first-order chi connectivity index (χ1) is 8.24. The molecule has 0 spiro atoms. The Labute approximate surface area is 110 Å². The third-order valence-electron chi connectivity index (χ3n) is 2.92. The molecular formula is C12H25ClN2O2. The molecule has 0 bridgehead atoms. The van der Waals surface area contributed by atoms with E-state index in [4.69, 9.17) is 21.1 Å². The largest absolute Gasteiger partial charge is 0.379 e. The second-order valence-electron chi connectivity index (χ2n) is 4.59. The highest BCUT2D eigenvalue weighted by atomic mass is 35.5. The average molecular weight is 265 g/mol. The van der Waals surface area contributed by atoms with Gasteiger partial charge in [-0.1, -0.05) is 0 Å². The van der Waals surface area contributed by atoms with Crippen LogP contribution in [0.4, 0.5) is 0 Å². The van der Waals surface area contributed by atoms with Gasteiger partial charge in [-0.15, -0.1) is 11.6 Å². The van der Waals surface area contributed by atoms with Crippen LogP contribution in [0.2, 0.25) is 0 Å². The highest BCUT2D eigenvalue weighted by Gasteiger charge is 2.21. The van der Waals surface area contributed by atoms with Crippen LogP contribution in [0.5, 0.6) is 0 Å². The van der Waals surface area contributed by atoms with Gasteiger partial charge in [-0.3, -0.25) is 4.90 Å². The van der Waals surface area contributed by atoms with Gasteiger partial charge in [-0.2, -0.15) is 0 Å². The van der Waals surface area contributed by atoms with Gasteiger partial charge in [0.1, 0.15) is 0 Å². The molecule has 1 saturated heterocycles. The Morgan fingerprint density at radius 1 is 1.47 bits per heavy atom. The van der Waals surface area contributed by atoms with E-state index < -0.39 is 0 Å². The van der Waals surface area contributed by atoms with Crippen molar-refractivity contribution < 1.29 is 9.47 Å². The normalized spacial score (nSPS) is 22.2. The van der Waals surface area contributed by atoms with Crippen molar-refractivity contribution in [3.05, 3.63) is 0 Å². The summed E-state index contributed by atoms with van der Waals surface area (Å²) in [5.74, 6) is 0.565. The molecule has 1 N–H and O–H groups in total. The number of morpholine rings is 1. The highest BCUT2D eigenvalue weighted by Crippen LogP contribution is 2.07. The van der Waals surface area contributed by atoms with Crippen molar-refractivity contribution in [2.75, 3.05) is 51.9 Å². The van der Waals surface area contributed by atoms with Gasteiger partial charge in [0.15, 0.2) is 0 Å². The molecule has 1 aliphatic heterocycles.